The Kier molecular flexibility index (Phi) is 4.83. The lowest BCUT2D eigenvalue weighted by atomic mass is 9.83. The molecule has 2 bridgehead atoms. The van der Waals surface area contributed by atoms with Crippen LogP contribution in [0.1, 0.15) is 37.7 Å². The van der Waals surface area contributed by atoms with Gasteiger partial charge in [0.15, 0.2) is 0 Å². The fourth-order valence-corrected chi connectivity index (χ4v) is 4.34. The Morgan fingerprint density at radius 2 is 2.04 bits per heavy atom. The van der Waals surface area contributed by atoms with E-state index in [-0.39, 0.29) is 29.7 Å². The van der Waals surface area contributed by atoms with Crippen LogP contribution in [0.2, 0.25) is 0 Å². The van der Waals surface area contributed by atoms with Crippen LogP contribution in [-0.2, 0) is 11.3 Å². The van der Waals surface area contributed by atoms with Crippen molar-refractivity contribution < 1.29 is 14.0 Å². The number of nitrogens with one attached hydrogen (secondary N) is 1. The molecule has 3 amide bonds. The Morgan fingerprint density at radius 1 is 1.19 bits per heavy atom. The molecule has 2 atom stereocenters. The topological polar surface area (TPSA) is 52.7 Å². The lowest BCUT2D eigenvalue weighted by Crippen LogP contribution is -2.50. The van der Waals surface area contributed by atoms with E-state index in [1.807, 2.05) is 0 Å². The smallest absolute Gasteiger partial charge is 0.317 e. The van der Waals surface area contributed by atoms with Gasteiger partial charge in [-0.3, -0.25) is 4.79 Å². The van der Waals surface area contributed by atoms with Gasteiger partial charge in [-0.15, -0.1) is 0 Å². The number of carbonyl (C=O) groups excluding carboxylic acids is 2. The van der Waals surface area contributed by atoms with Crippen LogP contribution in [0.4, 0.5) is 9.18 Å². The van der Waals surface area contributed by atoms with Crippen molar-refractivity contribution in [1.82, 2.24) is 15.1 Å². The molecule has 140 valence electrons. The van der Waals surface area contributed by atoms with Crippen LogP contribution in [0.3, 0.4) is 0 Å². The highest BCUT2D eigenvalue weighted by atomic mass is 19.1. The third kappa shape index (κ3) is 3.55. The molecule has 4 aliphatic rings. The lowest BCUT2D eigenvalue weighted by Gasteiger charge is -2.40. The minimum atomic E-state index is -0.304. The number of piperidine rings is 1. The lowest BCUT2D eigenvalue weighted by molar-refractivity contribution is -0.141. The minimum Gasteiger partial charge on any atom is -0.337 e. The van der Waals surface area contributed by atoms with Crippen molar-refractivity contribution in [3.63, 3.8) is 0 Å². The van der Waals surface area contributed by atoms with Crippen molar-refractivity contribution in [2.45, 2.75) is 44.7 Å². The summed E-state index contributed by atoms with van der Waals surface area (Å²) in [5, 5.41) is 2.88. The van der Waals surface area contributed by atoms with Crippen molar-refractivity contribution >= 4 is 11.9 Å². The average molecular weight is 359 g/mol. The predicted molar refractivity (Wildman–Crippen MR) is 95.8 cm³/mol. The van der Waals surface area contributed by atoms with Gasteiger partial charge in [-0.2, -0.15) is 0 Å². The quantitative estimate of drug-likeness (QED) is 0.899. The molecule has 5 nitrogen and oxygen atoms in total. The van der Waals surface area contributed by atoms with Gasteiger partial charge in [-0.05, 0) is 49.3 Å². The van der Waals surface area contributed by atoms with E-state index in [1.165, 1.54) is 31.4 Å². The summed E-state index contributed by atoms with van der Waals surface area (Å²) in [6.07, 6.45) is 5.57. The molecule has 0 spiro atoms. The first-order valence-electron chi connectivity index (χ1n) is 9.68. The van der Waals surface area contributed by atoms with E-state index in [4.69, 9.17) is 0 Å². The third-order valence-corrected chi connectivity index (χ3v) is 6.09. The number of carbonyl (C=O) groups is 2. The van der Waals surface area contributed by atoms with Crippen molar-refractivity contribution in [3.8, 4) is 0 Å². The van der Waals surface area contributed by atoms with E-state index in [0.29, 0.717) is 25.6 Å². The number of fused-ring (bicyclic) bond motifs is 4. The molecule has 3 aliphatic heterocycles. The van der Waals surface area contributed by atoms with E-state index in [1.54, 1.807) is 17.0 Å². The summed E-state index contributed by atoms with van der Waals surface area (Å²) in [7, 11) is 0. The Bertz CT molecular complexity index is 691. The predicted octanol–water partition coefficient (Wildman–Crippen LogP) is 2.76. The molecule has 3 saturated heterocycles. The van der Waals surface area contributed by atoms with E-state index in [9.17, 15) is 14.0 Å². The largest absolute Gasteiger partial charge is 0.337 e. The van der Waals surface area contributed by atoms with Crippen molar-refractivity contribution in [2.24, 2.45) is 11.8 Å². The van der Waals surface area contributed by atoms with Crippen molar-refractivity contribution in [1.29, 1.82) is 0 Å². The Balaban J connectivity index is 1.38. The van der Waals surface area contributed by atoms with Gasteiger partial charge in [-0.1, -0.05) is 18.6 Å². The van der Waals surface area contributed by atoms with Gasteiger partial charge in [0.2, 0.25) is 5.91 Å². The fourth-order valence-electron chi connectivity index (χ4n) is 4.34. The third-order valence-electron chi connectivity index (χ3n) is 6.09. The van der Waals surface area contributed by atoms with Gasteiger partial charge in [0.1, 0.15) is 5.82 Å². The van der Waals surface area contributed by atoms with Gasteiger partial charge < -0.3 is 15.1 Å². The number of nitrogens with zero attached hydrogens (tertiary/aromatic N) is 2. The van der Waals surface area contributed by atoms with Crippen LogP contribution in [0.15, 0.2) is 24.3 Å². The second-order valence-electron chi connectivity index (χ2n) is 7.91. The molecule has 4 fully saturated rings. The van der Waals surface area contributed by atoms with Crippen LogP contribution in [0.5, 0.6) is 0 Å². The highest BCUT2D eigenvalue weighted by Gasteiger charge is 2.42. The van der Waals surface area contributed by atoms with E-state index in [0.717, 1.165) is 24.9 Å². The molecule has 5 rings (SSSR count). The highest BCUT2D eigenvalue weighted by Crippen LogP contribution is 2.33. The molecule has 26 heavy (non-hydrogen) atoms. The fraction of sp³-hybridized carbons (Fsp3) is 0.600. The molecule has 1 aliphatic carbocycles. The monoisotopic (exact) mass is 359 g/mol. The van der Waals surface area contributed by atoms with Gasteiger partial charge in [0.25, 0.3) is 0 Å². The number of hydrogen-bond donors (Lipinski definition) is 1. The van der Waals surface area contributed by atoms with E-state index < -0.39 is 0 Å². The number of rotatable bonds is 4. The van der Waals surface area contributed by atoms with Gasteiger partial charge >= 0.3 is 6.03 Å². The minimum absolute atomic E-state index is 0.0752. The molecule has 6 heteroatoms. The number of benzene rings is 1. The zero-order valence-corrected chi connectivity index (χ0v) is 15.0. The van der Waals surface area contributed by atoms with Gasteiger partial charge in [0, 0.05) is 32.2 Å². The summed E-state index contributed by atoms with van der Waals surface area (Å²) in [6.45, 7) is 2.25. The Labute approximate surface area is 153 Å². The van der Waals surface area contributed by atoms with Crippen LogP contribution in [0.25, 0.3) is 0 Å². The molecular formula is C20H26FN3O2. The zero-order valence-electron chi connectivity index (χ0n) is 15.0. The summed E-state index contributed by atoms with van der Waals surface area (Å²) >= 11 is 0. The number of urea groups is 1. The van der Waals surface area contributed by atoms with E-state index in [2.05, 4.69) is 10.2 Å². The average Bonchev–Trinajstić information content (AvgIpc) is 2.88. The maximum Gasteiger partial charge on any atom is 0.317 e. The molecular weight excluding hydrogens is 333 g/mol. The SMILES string of the molecule is O=C(NCc1cccc(F)c1)N1C[C@@H]2CC[C@H](C1)N(CC1CCC1)C2=O. The molecule has 0 unspecified atom stereocenters. The molecule has 1 aromatic rings. The molecule has 3 heterocycles. The summed E-state index contributed by atoms with van der Waals surface area (Å²) < 4.78 is 13.3. The molecule has 1 aromatic carbocycles. The Morgan fingerprint density at radius 3 is 2.77 bits per heavy atom. The molecule has 1 N–H and O–H groups in total. The van der Waals surface area contributed by atoms with Gasteiger partial charge in [-0.25, -0.2) is 9.18 Å². The van der Waals surface area contributed by atoms with Gasteiger partial charge in [0.05, 0.1) is 5.92 Å². The first-order chi connectivity index (χ1) is 12.6. The second-order valence-corrected chi connectivity index (χ2v) is 7.91. The van der Waals surface area contributed by atoms with Crippen molar-refractivity contribution in [3.05, 3.63) is 35.6 Å². The number of amides is 3. The van der Waals surface area contributed by atoms with Crippen LogP contribution in [-0.4, -0.2) is 47.4 Å². The maximum atomic E-state index is 13.3. The normalized spacial score (nSPS) is 25.8. The summed E-state index contributed by atoms with van der Waals surface area (Å²) in [6, 6.07) is 6.22. The maximum absolute atomic E-state index is 13.3. The number of halogens is 1. The standard InChI is InChI=1S/C20H26FN3O2/c21-17-6-2-5-15(9-17)10-22-20(26)23-12-16-7-8-18(13-23)24(19(16)25)11-14-3-1-4-14/h2,5-6,9,14,16,18H,1,3-4,7-8,10-13H2,(H,22,26)/t16-,18+/m0/s1. The van der Waals surface area contributed by atoms with Crippen molar-refractivity contribution in [2.75, 3.05) is 19.6 Å². The van der Waals surface area contributed by atoms with Crippen LogP contribution >= 0.6 is 0 Å². The van der Waals surface area contributed by atoms with E-state index >= 15 is 0 Å². The summed E-state index contributed by atoms with van der Waals surface area (Å²) in [5.41, 5.74) is 0.735. The summed E-state index contributed by atoms with van der Waals surface area (Å²) in [5.74, 6) is 0.498. The first kappa shape index (κ1) is 17.3. The number of hydrogen-bond acceptors (Lipinski definition) is 2. The van der Waals surface area contributed by atoms with Crippen LogP contribution < -0.4 is 5.32 Å². The van der Waals surface area contributed by atoms with Crippen LogP contribution in [0, 0.1) is 17.7 Å². The molecule has 0 aromatic heterocycles. The first-order valence-corrected chi connectivity index (χ1v) is 9.68. The molecule has 0 radical (unpaired) electrons. The highest BCUT2D eigenvalue weighted by molar-refractivity contribution is 5.82. The zero-order chi connectivity index (χ0) is 18.1. The second kappa shape index (κ2) is 7.25. The summed E-state index contributed by atoms with van der Waals surface area (Å²) in [4.78, 5) is 29.2. The molecule has 1 saturated carbocycles. The Hall–Kier alpha value is -2.11.